The third-order valence-corrected chi connectivity index (χ3v) is 6.10. The van der Waals surface area contributed by atoms with Gasteiger partial charge >= 0.3 is 6.03 Å². The van der Waals surface area contributed by atoms with Crippen LogP contribution in [-0.4, -0.2) is 48.1 Å². The number of amides is 3. The summed E-state index contributed by atoms with van der Waals surface area (Å²) in [4.78, 5) is 29.6. The van der Waals surface area contributed by atoms with Gasteiger partial charge in [0.1, 0.15) is 0 Å². The standard InChI is InChI=1S/C22H26BrClN4O3/c1-3-27(4-2)13-5-12-25-20(29)22(31)18-14-15(23)6-11-19(18)26-21(30)28(22)17-9-7-16(24)8-10-17/h6-11,14,31H,3-5,12-13H2,1-2H3,(H,25,29)(H,26,30). The monoisotopic (exact) mass is 508 g/mol. The number of nitrogens with zero attached hydrogens (tertiary/aromatic N) is 2. The minimum Gasteiger partial charge on any atom is -0.359 e. The van der Waals surface area contributed by atoms with Gasteiger partial charge < -0.3 is 20.6 Å². The number of carbonyl (C=O) groups is 2. The Morgan fingerprint density at radius 3 is 2.55 bits per heavy atom. The quantitative estimate of drug-likeness (QED) is 0.467. The molecule has 3 N–H and O–H groups in total. The lowest BCUT2D eigenvalue weighted by Gasteiger charge is -2.42. The van der Waals surface area contributed by atoms with Gasteiger partial charge in [0.15, 0.2) is 0 Å². The maximum Gasteiger partial charge on any atom is 0.329 e. The van der Waals surface area contributed by atoms with Crippen LogP contribution in [0.15, 0.2) is 46.9 Å². The summed E-state index contributed by atoms with van der Waals surface area (Å²) in [7, 11) is 0. The van der Waals surface area contributed by atoms with Crippen LogP contribution >= 0.6 is 27.5 Å². The highest BCUT2D eigenvalue weighted by molar-refractivity contribution is 9.10. The second-order valence-corrected chi connectivity index (χ2v) is 8.59. The molecule has 1 aliphatic heterocycles. The SMILES string of the molecule is CCN(CC)CCCNC(=O)C1(O)c2cc(Br)ccc2NC(=O)N1c1ccc(Cl)cc1. The third-order valence-electron chi connectivity index (χ3n) is 5.36. The van der Waals surface area contributed by atoms with E-state index in [9.17, 15) is 14.7 Å². The average molecular weight is 510 g/mol. The van der Waals surface area contributed by atoms with Crippen LogP contribution < -0.4 is 15.5 Å². The van der Waals surface area contributed by atoms with E-state index in [-0.39, 0.29) is 5.56 Å². The van der Waals surface area contributed by atoms with E-state index >= 15 is 0 Å². The Balaban J connectivity index is 1.94. The van der Waals surface area contributed by atoms with Gasteiger partial charge in [-0.05, 0) is 68.5 Å². The summed E-state index contributed by atoms with van der Waals surface area (Å²) < 4.78 is 0.672. The van der Waals surface area contributed by atoms with Crippen LogP contribution in [0.1, 0.15) is 25.8 Å². The van der Waals surface area contributed by atoms with Gasteiger partial charge in [0.25, 0.3) is 11.6 Å². The Labute approximate surface area is 195 Å². The molecule has 2 aromatic rings. The minimum atomic E-state index is -2.23. The van der Waals surface area contributed by atoms with Gasteiger partial charge in [0.05, 0.1) is 5.69 Å². The van der Waals surface area contributed by atoms with E-state index in [0.717, 1.165) is 31.0 Å². The van der Waals surface area contributed by atoms with Crippen LogP contribution in [0.4, 0.5) is 16.2 Å². The Bertz CT molecular complexity index is 952. The van der Waals surface area contributed by atoms with Gasteiger partial charge in [-0.15, -0.1) is 0 Å². The highest BCUT2D eigenvalue weighted by Crippen LogP contribution is 2.41. The van der Waals surface area contributed by atoms with Crippen molar-refractivity contribution >= 4 is 50.8 Å². The van der Waals surface area contributed by atoms with E-state index in [2.05, 4.69) is 45.3 Å². The Morgan fingerprint density at radius 1 is 1.23 bits per heavy atom. The first-order valence-electron chi connectivity index (χ1n) is 10.2. The summed E-state index contributed by atoms with van der Waals surface area (Å²) >= 11 is 9.38. The summed E-state index contributed by atoms with van der Waals surface area (Å²) in [6, 6.07) is 10.8. The number of halogens is 2. The van der Waals surface area contributed by atoms with Crippen LogP contribution in [-0.2, 0) is 10.5 Å². The molecule has 0 spiro atoms. The fourth-order valence-electron chi connectivity index (χ4n) is 3.64. The van der Waals surface area contributed by atoms with E-state index < -0.39 is 17.7 Å². The van der Waals surface area contributed by atoms with Crippen LogP contribution in [0.5, 0.6) is 0 Å². The highest BCUT2D eigenvalue weighted by atomic mass is 79.9. The first kappa shape index (κ1) is 23.5. The first-order valence-corrected chi connectivity index (χ1v) is 11.4. The van der Waals surface area contributed by atoms with Gasteiger partial charge in [-0.2, -0.15) is 0 Å². The molecule has 2 aromatic carbocycles. The Kier molecular flexibility index (Phi) is 7.59. The number of urea groups is 1. The summed E-state index contributed by atoms with van der Waals surface area (Å²) in [5.74, 6) is -0.670. The van der Waals surface area contributed by atoms with Gasteiger partial charge in [-0.3, -0.25) is 9.69 Å². The molecule has 0 saturated carbocycles. The van der Waals surface area contributed by atoms with E-state index in [0.29, 0.717) is 27.4 Å². The van der Waals surface area contributed by atoms with Crippen molar-refractivity contribution in [3.05, 3.63) is 57.5 Å². The number of carbonyl (C=O) groups excluding carboxylic acids is 2. The summed E-state index contributed by atoms with van der Waals surface area (Å²) in [5.41, 5.74) is -1.24. The molecular weight excluding hydrogens is 484 g/mol. The smallest absolute Gasteiger partial charge is 0.329 e. The lowest BCUT2D eigenvalue weighted by atomic mass is 9.94. The molecule has 1 atom stereocenters. The molecule has 1 unspecified atom stereocenters. The van der Waals surface area contributed by atoms with Crippen molar-refractivity contribution in [2.75, 3.05) is 36.4 Å². The maximum absolute atomic E-state index is 13.3. The second kappa shape index (κ2) is 9.99. The van der Waals surface area contributed by atoms with Crippen LogP contribution in [0, 0.1) is 0 Å². The van der Waals surface area contributed by atoms with Crippen molar-refractivity contribution in [1.82, 2.24) is 10.2 Å². The number of rotatable bonds is 8. The normalized spacial score (nSPS) is 18.0. The van der Waals surface area contributed by atoms with Crippen molar-refractivity contribution < 1.29 is 14.7 Å². The molecule has 0 fully saturated rings. The largest absolute Gasteiger partial charge is 0.359 e. The molecular formula is C22H26BrClN4O3. The second-order valence-electron chi connectivity index (χ2n) is 7.24. The number of nitrogens with one attached hydrogen (secondary N) is 2. The zero-order valence-electron chi connectivity index (χ0n) is 17.5. The fourth-order valence-corrected chi connectivity index (χ4v) is 4.13. The first-order chi connectivity index (χ1) is 14.8. The molecule has 0 aromatic heterocycles. The molecule has 0 radical (unpaired) electrons. The number of hydrogen-bond acceptors (Lipinski definition) is 4. The molecule has 9 heteroatoms. The zero-order valence-corrected chi connectivity index (χ0v) is 19.8. The Morgan fingerprint density at radius 2 is 1.90 bits per heavy atom. The van der Waals surface area contributed by atoms with Crippen molar-refractivity contribution in [2.45, 2.75) is 26.0 Å². The number of hydrogen-bond donors (Lipinski definition) is 3. The number of fused-ring (bicyclic) bond motifs is 1. The lowest BCUT2D eigenvalue weighted by Crippen LogP contribution is -2.62. The van der Waals surface area contributed by atoms with E-state index in [4.69, 9.17) is 11.6 Å². The van der Waals surface area contributed by atoms with E-state index in [1.165, 1.54) is 0 Å². The van der Waals surface area contributed by atoms with Gasteiger partial charge in [-0.25, -0.2) is 4.79 Å². The number of anilines is 2. The van der Waals surface area contributed by atoms with Crippen molar-refractivity contribution in [3.8, 4) is 0 Å². The summed E-state index contributed by atoms with van der Waals surface area (Å²) in [5, 5.41) is 17.8. The predicted molar refractivity (Wildman–Crippen MR) is 126 cm³/mol. The third kappa shape index (κ3) is 4.87. The lowest BCUT2D eigenvalue weighted by molar-refractivity contribution is -0.140. The molecule has 1 aliphatic rings. The minimum absolute atomic E-state index is 0.276. The van der Waals surface area contributed by atoms with Crippen LogP contribution in [0.2, 0.25) is 5.02 Å². The van der Waals surface area contributed by atoms with Crippen molar-refractivity contribution in [1.29, 1.82) is 0 Å². The fraction of sp³-hybridized carbons (Fsp3) is 0.364. The average Bonchev–Trinajstić information content (AvgIpc) is 2.75. The predicted octanol–water partition coefficient (Wildman–Crippen LogP) is 4.15. The molecule has 166 valence electrons. The van der Waals surface area contributed by atoms with Crippen LogP contribution in [0.25, 0.3) is 0 Å². The zero-order chi connectivity index (χ0) is 22.6. The topological polar surface area (TPSA) is 84.9 Å². The van der Waals surface area contributed by atoms with Gasteiger partial charge in [0.2, 0.25) is 0 Å². The summed E-state index contributed by atoms with van der Waals surface area (Å²) in [6.07, 6.45) is 0.724. The molecule has 1 heterocycles. The number of benzene rings is 2. The highest BCUT2D eigenvalue weighted by Gasteiger charge is 2.52. The molecule has 3 amide bonds. The number of aliphatic hydroxyl groups is 1. The summed E-state index contributed by atoms with van der Waals surface area (Å²) in [6.45, 7) is 7.24. The molecule has 0 bridgehead atoms. The van der Waals surface area contributed by atoms with E-state index in [1.807, 2.05) is 0 Å². The van der Waals surface area contributed by atoms with E-state index in [1.54, 1.807) is 42.5 Å². The molecule has 0 saturated heterocycles. The molecule has 7 nitrogen and oxygen atoms in total. The Hall–Kier alpha value is -2.13. The molecule has 0 aliphatic carbocycles. The van der Waals surface area contributed by atoms with Gasteiger partial charge in [-0.1, -0.05) is 41.4 Å². The van der Waals surface area contributed by atoms with Crippen molar-refractivity contribution in [2.24, 2.45) is 0 Å². The maximum atomic E-state index is 13.3. The van der Waals surface area contributed by atoms with Gasteiger partial charge in [0, 0.05) is 27.3 Å². The molecule has 3 rings (SSSR count). The van der Waals surface area contributed by atoms with Crippen LogP contribution in [0.3, 0.4) is 0 Å². The molecule has 31 heavy (non-hydrogen) atoms. The van der Waals surface area contributed by atoms with Crippen molar-refractivity contribution in [3.63, 3.8) is 0 Å².